The zero-order valence-electron chi connectivity index (χ0n) is 12.4. The number of ether oxygens (including phenoxy) is 2. The molecule has 1 aromatic rings. The van der Waals surface area contributed by atoms with Crippen LogP contribution in [0.15, 0.2) is 41.5 Å². The van der Waals surface area contributed by atoms with Crippen LogP contribution in [0.5, 0.6) is 0 Å². The lowest BCUT2D eigenvalue weighted by molar-refractivity contribution is -0.138. The molecule has 0 spiro atoms. The third kappa shape index (κ3) is 3.13. The van der Waals surface area contributed by atoms with Crippen molar-refractivity contribution in [2.45, 2.75) is 26.0 Å². The maximum absolute atomic E-state index is 11.9. The number of amides is 1. The van der Waals surface area contributed by atoms with E-state index in [9.17, 15) is 9.59 Å². The summed E-state index contributed by atoms with van der Waals surface area (Å²) in [5, 5.41) is 2.70. The lowest BCUT2D eigenvalue weighted by Gasteiger charge is -2.26. The first-order valence-electron chi connectivity index (χ1n) is 6.78. The molecule has 1 aliphatic heterocycles. The van der Waals surface area contributed by atoms with Crippen LogP contribution >= 0.6 is 0 Å². The van der Waals surface area contributed by atoms with Gasteiger partial charge in [0.1, 0.15) is 5.57 Å². The van der Waals surface area contributed by atoms with E-state index in [2.05, 4.69) is 10.1 Å². The van der Waals surface area contributed by atoms with Crippen molar-refractivity contribution < 1.29 is 19.1 Å². The molecule has 5 nitrogen and oxygen atoms in total. The molecule has 0 aliphatic carbocycles. The molecule has 0 saturated carbocycles. The zero-order chi connectivity index (χ0) is 15.5. The Morgan fingerprint density at radius 1 is 1.29 bits per heavy atom. The van der Waals surface area contributed by atoms with Crippen LogP contribution in [-0.4, -0.2) is 31.3 Å². The number of carbonyl (C=O) groups excluding carboxylic acids is 2. The number of carbonyl (C=O) groups is 2. The quantitative estimate of drug-likeness (QED) is 0.660. The molecule has 1 amide bonds. The van der Waals surface area contributed by atoms with Crippen molar-refractivity contribution in [2.75, 3.05) is 13.7 Å². The van der Waals surface area contributed by atoms with Crippen molar-refractivity contribution in [3.05, 3.63) is 47.0 Å². The van der Waals surface area contributed by atoms with E-state index in [4.69, 9.17) is 4.74 Å². The fourth-order valence-corrected chi connectivity index (χ4v) is 2.29. The van der Waals surface area contributed by atoms with Gasteiger partial charge in [-0.25, -0.2) is 4.79 Å². The Bertz CT molecular complexity index is 579. The average molecular weight is 289 g/mol. The fraction of sp³-hybridized carbons (Fsp3) is 0.375. The van der Waals surface area contributed by atoms with E-state index in [1.807, 2.05) is 30.3 Å². The van der Waals surface area contributed by atoms with Crippen molar-refractivity contribution >= 4 is 11.9 Å². The minimum atomic E-state index is -0.963. The van der Waals surface area contributed by atoms with Crippen LogP contribution in [0.4, 0.5) is 0 Å². The monoisotopic (exact) mass is 289 g/mol. The fourth-order valence-electron chi connectivity index (χ4n) is 2.29. The molecule has 1 aromatic carbocycles. The maximum atomic E-state index is 11.9. The van der Waals surface area contributed by atoms with E-state index in [-0.39, 0.29) is 5.57 Å². The lowest BCUT2D eigenvalue weighted by atomic mass is 10.1. The van der Waals surface area contributed by atoms with Gasteiger partial charge in [0.15, 0.2) is 5.72 Å². The Labute approximate surface area is 123 Å². The minimum Gasteiger partial charge on any atom is -0.465 e. The Kier molecular flexibility index (Phi) is 4.43. The van der Waals surface area contributed by atoms with Gasteiger partial charge in [0.25, 0.3) is 5.91 Å². The summed E-state index contributed by atoms with van der Waals surface area (Å²) >= 11 is 0. The van der Waals surface area contributed by atoms with E-state index >= 15 is 0 Å². The second-order valence-corrected chi connectivity index (χ2v) is 5.06. The highest BCUT2D eigenvalue weighted by molar-refractivity contribution is 6.19. The van der Waals surface area contributed by atoms with Gasteiger partial charge in [0.05, 0.1) is 13.7 Å². The molecule has 1 atom stereocenters. The standard InChI is InChI=1S/C16H19NO4/c1-11-13(15(19)20-3)14(18)17-16(11,2)21-10-9-12-7-5-4-6-8-12/h4-8H,9-10H2,1-3H3,(H,17,18). The van der Waals surface area contributed by atoms with Crippen LogP contribution in [0.2, 0.25) is 0 Å². The smallest absolute Gasteiger partial charge is 0.343 e. The molecule has 0 bridgehead atoms. The second kappa shape index (κ2) is 6.10. The highest BCUT2D eigenvalue weighted by Crippen LogP contribution is 2.28. The largest absolute Gasteiger partial charge is 0.465 e. The summed E-state index contributed by atoms with van der Waals surface area (Å²) < 4.78 is 10.4. The molecule has 0 fully saturated rings. The van der Waals surface area contributed by atoms with E-state index in [0.717, 1.165) is 12.0 Å². The van der Waals surface area contributed by atoms with Gasteiger partial charge in [0.2, 0.25) is 0 Å². The maximum Gasteiger partial charge on any atom is 0.343 e. The Morgan fingerprint density at radius 3 is 2.57 bits per heavy atom. The summed E-state index contributed by atoms with van der Waals surface area (Å²) in [4.78, 5) is 23.5. The zero-order valence-corrected chi connectivity index (χ0v) is 12.4. The highest BCUT2D eigenvalue weighted by Gasteiger charge is 2.43. The van der Waals surface area contributed by atoms with Crippen molar-refractivity contribution in [3.8, 4) is 0 Å². The van der Waals surface area contributed by atoms with Crippen LogP contribution in [0.1, 0.15) is 19.4 Å². The van der Waals surface area contributed by atoms with Crippen LogP contribution in [0.3, 0.4) is 0 Å². The van der Waals surface area contributed by atoms with Crippen molar-refractivity contribution in [2.24, 2.45) is 0 Å². The first kappa shape index (κ1) is 15.3. The lowest BCUT2D eigenvalue weighted by Crippen LogP contribution is -2.44. The number of methoxy groups -OCH3 is 1. The summed E-state index contributed by atoms with van der Waals surface area (Å²) in [5.41, 5.74) is 0.766. The number of benzene rings is 1. The molecular weight excluding hydrogens is 270 g/mol. The van der Waals surface area contributed by atoms with E-state index in [1.165, 1.54) is 7.11 Å². The van der Waals surface area contributed by atoms with Crippen molar-refractivity contribution in [3.63, 3.8) is 0 Å². The Morgan fingerprint density at radius 2 is 1.95 bits per heavy atom. The minimum absolute atomic E-state index is 0.0275. The van der Waals surface area contributed by atoms with Crippen LogP contribution in [0, 0.1) is 0 Å². The van der Waals surface area contributed by atoms with Crippen LogP contribution in [-0.2, 0) is 25.5 Å². The molecule has 1 heterocycles. The third-order valence-corrected chi connectivity index (χ3v) is 3.68. The molecule has 0 radical (unpaired) electrons. The van der Waals surface area contributed by atoms with E-state index in [1.54, 1.807) is 13.8 Å². The van der Waals surface area contributed by atoms with Gasteiger partial charge in [-0.2, -0.15) is 0 Å². The normalized spacial score (nSPS) is 21.4. The molecule has 1 aliphatic rings. The van der Waals surface area contributed by atoms with Gasteiger partial charge >= 0.3 is 5.97 Å². The molecule has 1 N–H and O–H groups in total. The van der Waals surface area contributed by atoms with Gasteiger partial charge < -0.3 is 14.8 Å². The summed E-state index contributed by atoms with van der Waals surface area (Å²) in [6.07, 6.45) is 0.729. The first-order chi connectivity index (χ1) is 9.98. The van der Waals surface area contributed by atoms with E-state index in [0.29, 0.717) is 12.2 Å². The third-order valence-electron chi connectivity index (χ3n) is 3.68. The molecule has 112 valence electrons. The number of rotatable bonds is 5. The average Bonchev–Trinajstić information content (AvgIpc) is 2.69. The predicted molar refractivity (Wildman–Crippen MR) is 77.4 cm³/mol. The number of esters is 1. The SMILES string of the molecule is COC(=O)C1=C(C)C(C)(OCCc2ccccc2)NC1=O. The molecule has 0 saturated heterocycles. The van der Waals surface area contributed by atoms with Crippen LogP contribution < -0.4 is 5.32 Å². The van der Waals surface area contributed by atoms with Crippen LogP contribution in [0.25, 0.3) is 0 Å². The predicted octanol–water partition coefficient (Wildman–Crippen LogP) is 1.58. The van der Waals surface area contributed by atoms with Gasteiger partial charge in [-0.3, -0.25) is 4.79 Å². The second-order valence-electron chi connectivity index (χ2n) is 5.06. The molecule has 5 heteroatoms. The molecule has 21 heavy (non-hydrogen) atoms. The van der Waals surface area contributed by atoms with Gasteiger partial charge in [-0.15, -0.1) is 0 Å². The van der Waals surface area contributed by atoms with Gasteiger partial charge in [-0.05, 0) is 31.4 Å². The number of nitrogens with one attached hydrogen (secondary N) is 1. The molecule has 2 rings (SSSR count). The Balaban J connectivity index is 2.04. The first-order valence-corrected chi connectivity index (χ1v) is 6.78. The Hall–Kier alpha value is -2.14. The molecular formula is C16H19NO4. The van der Waals surface area contributed by atoms with E-state index < -0.39 is 17.6 Å². The summed E-state index contributed by atoms with van der Waals surface area (Å²) in [6, 6.07) is 9.92. The van der Waals surface area contributed by atoms with Crippen molar-refractivity contribution in [1.29, 1.82) is 0 Å². The molecule has 0 aromatic heterocycles. The summed E-state index contributed by atoms with van der Waals surface area (Å²) in [5.74, 6) is -1.10. The summed E-state index contributed by atoms with van der Waals surface area (Å²) in [6.45, 7) is 3.88. The summed E-state index contributed by atoms with van der Waals surface area (Å²) in [7, 11) is 1.25. The highest BCUT2D eigenvalue weighted by atomic mass is 16.5. The van der Waals surface area contributed by atoms with Gasteiger partial charge in [-0.1, -0.05) is 30.3 Å². The topological polar surface area (TPSA) is 64.6 Å². The van der Waals surface area contributed by atoms with Crippen molar-refractivity contribution in [1.82, 2.24) is 5.32 Å². The van der Waals surface area contributed by atoms with Gasteiger partial charge in [0, 0.05) is 0 Å². The number of hydrogen-bond donors (Lipinski definition) is 1. The number of hydrogen-bond acceptors (Lipinski definition) is 4. The molecule has 1 unspecified atom stereocenters.